The molecular formula is C18H32O. The Hall–Kier alpha value is -0.330. The summed E-state index contributed by atoms with van der Waals surface area (Å²) in [5.41, 5.74) is 0. The van der Waals surface area contributed by atoms with Gasteiger partial charge in [-0.25, -0.2) is 0 Å². The Labute approximate surface area is 119 Å². The Morgan fingerprint density at radius 2 is 1.63 bits per heavy atom. The van der Waals surface area contributed by atoms with Gasteiger partial charge in [0.25, 0.3) is 0 Å². The fourth-order valence-electron chi connectivity index (χ4n) is 4.40. The molecule has 0 bridgehead atoms. The van der Waals surface area contributed by atoms with Gasteiger partial charge >= 0.3 is 0 Å². The van der Waals surface area contributed by atoms with Gasteiger partial charge in [0.05, 0.1) is 0 Å². The van der Waals surface area contributed by atoms with Gasteiger partial charge in [-0.2, -0.15) is 0 Å². The van der Waals surface area contributed by atoms with E-state index in [1.807, 2.05) is 0 Å². The van der Waals surface area contributed by atoms with E-state index in [1.165, 1.54) is 70.6 Å². The lowest BCUT2D eigenvalue weighted by Crippen LogP contribution is -2.30. The van der Waals surface area contributed by atoms with Crippen molar-refractivity contribution < 1.29 is 4.79 Å². The quantitative estimate of drug-likeness (QED) is 0.651. The van der Waals surface area contributed by atoms with E-state index in [4.69, 9.17) is 0 Å². The van der Waals surface area contributed by atoms with Crippen molar-refractivity contribution in [3.05, 3.63) is 0 Å². The Bertz CT molecular complexity index is 275. The molecule has 19 heavy (non-hydrogen) atoms. The first kappa shape index (κ1) is 15.1. The zero-order valence-electron chi connectivity index (χ0n) is 13.0. The first-order valence-electron chi connectivity index (χ1n) is 8.78. The second-order valence-corrected chi connectivity index (χ2v) is 7.05. The average Bonchev–Trinajstić information content (AvgIpc) is 2.48. The summed E-state index contributed by atoms with van der Waals surface area (Å²) < 4.78 is 0. The molecule has 1 nitrogen and oxygen atoms in total. The molecule has 0 N–H and O–H groups in total. The van der Waals surface area contributed by atoms with Gasteiger partial charge in [0.15, 0.2) is 0 Å². The number of ketones is 1. The molecule has 0 aromatic carbocycles. The predicted molar refractivity (Wildman–Crippen MR) is 81.1 cm³/mol. The summed E-state index contributed by atoms with van der Waals surface area (Å²) in [6.45, 7) is 4.57. The first-order valence-corrected chi connectivity index (χ1v) is 8.78. The highest BCUT2D eigenvalue weighted by Crippen LogP contribution is 2.38. The molecule has 2 saturated carbocycles. The Morgan fingerprint density at radius 1 is 0.895 bits per heavy atom. The molecule has 2 unspecified atom stereocenters. The summed E-state index contributed by atoms with van der Waals surface area (Å²) in [4.78, 5) is 12.7. The molecule has 2 fully saturated rings. The summed E-state index contributed by atoms with van der Waals surface area (Å²) in [7, 11) is 0. The first-order chi connectivity index (χ1) is 9.24. The predicted octanol–water partition coefficient (Wildman–Crippen LogP) is 5.38. The van der Waals surface area contributed by atoms with Gasteiger partial charge in [-0.15, -0.1) is 0 Å². The summed E-state index contributed by atoms with van der Waals surface area (Å²) >= 11 is 0. The van der Waals surface area contributed by atoms with Crippen LogP contribution in [0, 0.1) is 23.7 Å². The van der Waals surface area contributed by atoms with Crippen LogP contribution in [-0.4, -0.2) is 5.78 Å². The van der Waals surface area contributed by atoms with E-state index < -0.39 is 0 Å². The molecule has 2 aliphatic rings. The highest BCUT2D eigenvalue weighted by molar-refractivity contribution is 5.83. The maximum absolute atomic E-state index is 12.7. The molecular weight excluding hydrogens is 232 g/mol. The van der Waals surface area contributed by atoms with Crippen LogP contribution < -0.4 is 0 Å². The van der Waals surface area contributed by atoms with Crippen LogP contribution in [-0.2, 0) is 4.79 Å². The number of carbonyl (C=O) groups is 1. The van der Waals surface area contributed by atoms with Gasteiger partial charge in [-0.3, -0.25) is 4.79 Å². The smallest absolute Gasteiger partial charge is 0.139 e. The van der Waals surface area contributed by atoms with E-state index in [0.29, 0.717) is 17.6 Å². The lowest BCUT2D eigenvalue weighted by molar-refractivity contribution is -0.129. The van der Waals surface area contributed by atoms with Gasteiger partial charge in [-0.05, 0) is 50.4 Å². The molecule has 2 rings (SSSR count). The van der Waals surface area contributed by atoms with Crippen molar-refractivity contribution in [2.24, 2.45) is 23.7 Å². The highest BCUT2D eigenvalue weighted by atomic mass is 16.1. The third-order valence-corrected chi connectivity index (χ3v) is 5.71. The monoisotopic (exact) mass is 264 g/mol. The summed E-state index contributed by atoms with van der Waals surface area (Å²) in [6.07, 6.45) is 14.0. The second kappa shape index (κ2) is 7.45. The van der Waals surface area contributed by atoms with E-state index in [1.54, 1.807) is 0 Å². The van der Waals surface area contributed by atoms with Gasteiger partial charge in [0.2, 0.25) is 0 Å². The van der Waals surface area contributed by atoms with Crippen molar-refractivity contribution in [3.63, 3.8) is 0 Å². The van der Waals surface area contributed by atoms with Crippen molar-refractivity contribution >= 4 is 5.78 Å². The number of hydrogen-bond donors (Lipinski definition) is 0. The van der Waals surface area contributed by atoms with Crippen LogP contribution in [0.2, 0.25) is 0 Å². The molecule has 0 heterocycles. The highest BCUT2D eigenvalue weighted by Gasteiger charge is 2.33. The molecule has 2 aliphatic carbocycles. The third-order valence-electron chi connectivity index (χ3n) is 5.71. The standard InChI is InChI=1S/C18H32O/c1-3-6-15-9-11-16(12-10-15)18(19)17-8-5-7-14(4-2)13-17/h14-17H,3-13H2,1-2H3. The molecule has 0 saturated heterocycles. The van der Waals surface area contributed by atoms with Gasteiger partial charge in [0.1, 0.15) is 5.78 Å². The molecule has 0 spiro atoms. The van der Waals surface area contributed by atoms with Gasteiger partial charge < -0.3 is 0 Å². The average molecular weight is 264 g/mol. The molecule has 2 atom stereocenters. The fraction of sp³-hybridized carbons (Fsp3) is 0.944. The van der Waals surface area contributed by atoms with Crippen molar-refractivity contribution in [1.82, 2.24) is 0 Å². The summed E-state index contributed by atoms with van der Waals surface area (Å²) in [5, 5.41) is 0. The van der Waals surface area contributed by atoms with Crippen molar-refractivity contribution in [3.8, 4) is 0 Å². The van der Waals surface area contributed by atoms with Crippen LogP contribution in [0.5, 0.6) is 0 Å². The topological polar surface area (TPSA) is 17.1 Å². The number of Topliss-reactive ketones (excluding diaryl/α,β-unsaturated/α-hetero) is 1. The van der Waals surface area contributed by atoms with Crippen LogP contribution in [0.1, 0.15) is 84.5 Å². The van der Waals surface area contributed by atoms with E-state index >= 15 is 0 Å². The van der Waals surface area contributed by atoms with Crippen LogP contribution in [0.3, 0.4) is 0 Å². The van der Waals surface area contributed by atoms with Crippen LogP contribution >= 0.6 is 0 Å². The van der Waals surface area contributed by atoms with Gasteiger partial charge in [-0.1, -0.05) is 46.0 Å². The zero-order chi connectivity index (χ0) is 13.7. The minimum absolute atomic E-state index is 0.423. The maximum Gasteiger partial charge on any atom is 0.139 e. The minimum Gasteiger partial charge on any atom is -0.299 e. The third kappa shape index (κ3) is 4.07. The summed E-state index contributed by atoms with van der Waals surface area (Å²) in [6, 6.07) is 0. The maximum atomic E-state index is 12.7. The number of rotatable bonds is 5. The van der Waals surface area contributed by atoms with Crippen molar-refractivity contribution in [1.29, 1.82) is 0 Å². The largest absolute Gasteiger partial charge is 0.299 e. The Morgan fingerprint density at radius 3 is 2.26 bits per heavy atom. The summed E-state index contributed by atoms with van der Waals surface area (Å²) in [5.74, 6) is 3.25. The van der Waals surface area contributed by atoms with Crippen LogP contribution in [0.15, 0.2) is 0 Å². The van der Waals surface area contributed by atoms with E-state index in [9.17, 15) is 4.79 Å². The van der Waals surface area contributed by atoms with E-state index in [-0.39, 0.29) is 0 Å². The van der Waals surface area contributed by atoms with Crippen LogP contribution in [0.4, 0.5) is 0 Å². The fourth-order valence-corrected chi connectivity index (χ4v) is 4.40. The van der Waals surface area contributed by atoms with Crippen molar-refractivity contribution in [2.75, 3.05) is 0 Å². The van der Waals surface area contributed by atoms with E-state index in [2.05, 4.69) is 13.8 Å². The second-order valence-electron chi connectivity index (χ2n) is 7.05. The minimum atomic E-state index is 0.423. The zero-order valence-corrected chi connectivity index (χ0v) is 13.0. The van der Waals surface area contributed by atoms with E-state index in [0.717, 1.165) is 11.8 Å². The normalized spacial score (nSPS) is 36.1. The molecule has 0 aliphatic heterocycles. The number of hydrogen-bond acceptors (Lipinski definition) is 1. The Kier molecular flexibility index (Phi) is 5.91. The molecule has 0 amide bonds. The SMILES string of the molecule is CCCC1CCC(C(=O)C2CCCC(CC)C2)CC1. The lowest BCUT2D eigenvalue weighted by atomic mass is 9.71. The lowest BCUT2D eigenvalue weighted by Gasteiger charge is -2.33. The molecule has 110 valence electrons. The van der Waals surface area contributed by atoms with Crippen LogP contribution in [0.25, 0.3) is 0 Å². The Balaban J connectivity index is 1.80. The van der Waals surface area contributed by atoms with Crippen molar-refractivity contribution in [2.45, 2.75) is 84.5 Å². The van der Waals surface area contributed by atoms with Gasteiger partial charge in [0, 0.05) is 11.8 Å². The molecule has 0 aromatic rings. The molecule has 0 radical (unpaired) electrons. The number of carbonyl (C=O) groups excluding carboxylic acids is 1. The molecule has 0 aromatic heterocycles. The molecule has 1 heteroatoms.